The zero-order chi connectivity index (χ0) is 13.3. The first-order valence-electron chi connectivity index (χ1n) is 5.81. The second-order valence-corrected chi connectivity index (χ2v) is 5.07. The Morgan fingerprint density at radius 1 is 1.44 bits per heavy atom. The average Bonchev–Trinajstić information content (AvgIpc) is 2.61. The number of nitrogens with zero attached hydrogens (tertiary/aromatic N) is 2. The van der Waals surface area contributed by atoms with Crippen LogP contribution in [0.4, 0.5) is 10.2 Å². The maximum Gasteiger partial charge on any atom is 0.137 e. The maximum atomic E-state index is 13.3. The average molecular weight is 312 g/mol. The molecule has 2 N–H and O–H groups in total. The second kappa shape index (κ2) is 5.10. The van der Waals surface area contributed by atoms with E-state index in [4.69, 9.17) is 5.73 Å². The van der Waals surface area contributed by atoms with Gasteiger partial charge in [0.05, 0.1) is 10.2 Å². The first kappa shape index (κ1) is 13.1. The predicted octanol–water partition coefficient (Wildman–Crippen LogP) is 3.52. The van der Waals surface area contributed by atoms with E-state index in [1.54, 1.807) is 16.8 Å². The molecule has 0 fully saturated rings. The van der Waals surface area contributed by atoms with Crippen LogP contribution in [0.1, 0.15) is 18.9 Å². The van der Waals surface area contributed by atoms with Gasteiger partial charge in [0, 0.05) is 18.2 Å². The molecule has 0 bridgehead atoms. The van der Waals surface area contributed by atoms with Crippen LogP contribution in [0.3, 0.4) is 0 Å². The highest BCUT2D eigenvalue weighted by atomic mass is 79.9. The van der Waals surface area contributed by atoms with Gasteiger partial charge < -0.3 is 5.73 Å². The number of hydrogen-bond acceptors (Lipinski definition) is 2. The van der Waals surface area contributed by atoms with Crippen LogP contribution in [-0.4, -0.2) is 9.78 Å². The molecule has 3 nitrogen and oxygen atoms in total. The zero-order valence-corrected chi connectivity index (χ0v) is 12.0. The van der Waals surface area contributed by atoms with Crippen molar-refractivity contribution >= 4 is 21.7 Å². The minimum absolute atomic E-state index is 0.278. The van der Waals surface area contributed by atoms with E-state index in [0.29, 0.717) is 10.3 Å². The van der Waals surface area contributed by atoms with Crippen molar-refractivity contribution in [1.29, 1.82) is 0 Å². The maximum absolute atomic E-state index is 13.3. The van der Waals surface area contributed by atoms with Crippen LogP contribution in [-0.2, 0) is 13.5 Å². The lowest BCUT2D eigenvalue weighted by Crippen LogP contribution is -1.99. The Balaban J connectivity index is 2.55. The highest BCUT2D eigenvalue weighted by Crippen LogP contribution is 2.30. The van der Waals surface area contributed by atoms with Gasteiger partial charge in [-0.25, -0.2) is 4.39 Å². The zero-order valence-electron chi connectivity index (χ0n) is 10.4. The molecule has 0 aliphatic heterocycles. The summed E-state index contributed by atoms with van der Waals surface area (Å²) in [6.45, 7) is 2.09. The normalized spacial score (nSPS) is 10.9. The van der Waals surface area contributed by atoms with E-state index >= 15 is 0 Å². The summed E-state index contributed by atoms with van der Waals surface area (Å²) < 4.78 is 15.4. The van der Waals surface area contributed by atoms with Crippen molar-refractivity contribution < 1.29 is 4.39 Å². The van der Waals surface area contributed by atoms with Crippen molar-refractivity contribution in [2.24, 2.45) is 7.05 Å². The van der Waals surface area contributed by atoms with Crippen molar-refractivity contribution in [3.63, 3.8) is 0 Å². The quantitative estimate of drug-likeness (QED) is 0.942. The minimum atomic E-state index is -0.278. The van der Waals surface area contributed by atoms with E-state index in [9.17, 15) is 4.39 Å². The number of aryl methyl sites for hydroxylation is 1. The SMILES string of the molecule is CCCc1c(-c2ccc(F)c(Br)c2)nn(C)c1N. The first-order chi connectivity index (χ1) is 8.54. The number of hydrogen-bond donors (Lipinski definition) is 1. The molecule has 18 heavy (non-hydrogen) atoms. The van der Waals surface area contributed by atoms with E-state index in [1.165, 1.54) is 6.07 Å². The largest absolute Gasteiger partial charge is 0.384 e. The molecular formula is C13H15BrFN3. The summed E-state index contributed by atoms with van der Waals surface area (Å²) in [4.78, 5) is 0. The van der Waals surface area contributed by atoms with Gasteiger partial charge in [-0.1, -0.05) is 13.3 Å². The molecule has 5 heteroatoms. The lowest BCUT2D eigenvalue weighted by Gasteiger charge is -2.03. The van der Waals surface area contributed by atoms with Crippen molar-refractivity contribution in [3.8, 4) is 11.3 Å². The molecule has 1 aromatic heterocycles. The molecule has 0 amide bonds. The van der Waals surface area contributed by atoms with Crippen LogP contribution in [0.2, 0.25) is 0 Å². The van der Waals surface area contributed by atoms with E-state index in [1.807, 2.05) is 7.05 Å². The topological polar surface area (TPSA) is 43.8 Å². The molecule has 0 spiro atoms. The summed E-state index contributed by atoms with van der Waals surface area (Å²) in [7, 11) is 1.82. The van der Waals surface area contributed by atoms with Gasteiger partial charge in [-0.05, 0) is 40.5 Å². The van der Waals surface area contributed by atoms with Crippen molar-refractivity contribution in [1.82, 2.24) is 9.78 Å². The van der Waals surface area contributed by atoms with Crippen LogP contribution in [0.15, 0.2) is 22.7 Å². The Bertz CT molecular complexity index is 578. The Kier molecular flexibility index (Phi) is 3.71. The number of aromatic nitrogens is 2. The molecular weight excluding hydrogens is 297 g/mol. The fourth-order valence-corrected chi connectivity index (χ4v) is 2.33. The van der Waals surface area contributed by atoms with Gasteiger partial charge in [0.15, 0.2) is 0 Å². The first-order valence-corrected chi connectivity index (χ1v) is 6.60. The summed E-state index contributed by atoms with van der Waals surface area (Å²) in [5.74, 6) is 0.395. The van der Waals surface area contributed by atoms with Gasteiger partial charge in [-0.3, -0.25) is 4.68 Å². The number of halogens is 2. The molecule has 2 rings (SSSR count). The van der Waals surface area contributed by atoms with Crippen molar-refractivity contribution in [3.05, 3.63) is 34.1 Å². The van der Waals surface area contributed by atoms with Crippen molar-refractivity contribution in [2.75, 3.05) is 5.73 Å². The molecule has 1 aromatic carbocycles. The third kappa shape index (κ3) is 2.27. The Labute approximate surface area is 114 Å². The predicted molar refractivity (Wildman–Crippen MR) is 74.7 cm³/mol. The third-order valence-corrected chi connectivity index (χ3v) is 3.49. The number of nitrogens with two attached hydrogens (primary N) is 1. The molecule has 0 atom stereocenters. The van der Waals surface area contributed by atoms with Gasteiger partial charge in [0.2, 0.25) is 0 Å². The van der Waals surface area contributed by atoms with E-state index in [-0.39, 0.29) is 5.82 Å². The Morgan fingerprint density at radius 3 is 2.78 bits per heavy atom. The van der Waals surface area contributed by atoms with Crippen LogP contribution in [0, 0.1) is 5.82 Å². The monoisotopic (exact) mass is 311 g/mol. The lowest BCUT2D eigenvalue weighted by molar-refractivity contribution is 0.621. The number of nitrogen functional groups attached to an aromatic ring is 1. The van der Waals surface area contributed by atoms with Crippen LogP contribution < -0.4 is 5.73 Å². The highest BCUT2D eigenvalue weighted by Gasteiger charge is 2.15. The molecule has 0 aliphatic rings. The Hall–Kier alpha value is -1.36. The smallest absolute Gasteiger partial charge is 0.137 e. The minimum Gasteiger partial charge on any atom is -0.384 e. The van der Waals surface area contributed by atoms with E-state index in [2.05, 4.69) is 28.0 Å². The van der Waals surface area contributed by atoms with Crippen LogP contribution >= 0.6 is 15.9 Å². The van der Waals surface area contributed by atoms with Gasteiger partial charge in [-0.2, -0.15) is 5.10 Å². The number of benzene rings is 1. The summed E-state index contributed by atoms with van der Waals surface area (Å²) in [6, 6.07) is 4.89. The summed E-state index contributed by atoms with van der Waals surface area (Å²) >= 11 is 3.19. The number of anilines is 1. The fraction of sp³-hybridized carbons (Fsp3) is 0.308. The summed E-state index contributed by atoms with van der Waals surface area (Å²) in [5, 5.41) is 4.42. The van der Waals surface area contributed by atoms with Gasteiger partial charge in [0.1, 0.15) is 11.6 Å². The van der Waals surface area contributed by atoms with Gasteiger partial charge >= 0.3 is 0 Å². The van der Waals surface area contributed by atoms with Crippen LogP contribution in [0.5, 0.6) is 0 Å². The summed E-state index contributed by atoms with van der Waals surface area (Å²) in [6.07, 6.45) is 1.86. The molecule has 1 heterocycles. The molecule has 0 unspecified atom stereocenters. The molecule has 0 radical (unpaired) electrons. The molecule has 0 saturated heterocycles. The van der Waals surface area contributed by atoms with E-state index in [0.717, 1.165) is 29.7 Å². The molecule has 0 aliphatic carbocycles. The lowest BCUT2D eigenvalue weighted by atomic mass is 10.0. The van der Waals surface area contributed by atoms with Gasteiger partial charge in [-0.15, -0.1) is 0 Å². The van der Waals surface area contributed by atoms with Crippen molar-refractivity contribution in [2.45, 2.75) is 19.8 Å². The van der Waals surface area contributed by atoms with Crippen LogP contribution in [0.25, 0.3) is 11.3 Å². The number of rotatable bonds is 3. The molecule has 0 saturated carbocycles. The fourth-order valence-electron chi connectivity index (χ4n) is 1.95. The molecule has 96 valence electrons. The third-order valence-electron chi connectivity index (χ3n) is 2.89. The van der Waals surface area contributed by atoms with E-state index < -0.39 is 0 Å². The molecule has 2 aromatic rings. The second-order valence-electron chi connectivity index (χ2n) is 4.21. The summed E-state index contributed by atoms with van der Waals surface area (Å²) in [5.41, 5.74) is 8.74. The van der Waals surface area contributed by atoms with Gasteiger partial charge in [0.25, 0.3) is 0 Å². The standard InChI is InChI=1S/C13H15BrFN3/c1-3-4-9-12(17-18(2)13(9)16)8-5-6-11(15)10(14)7-8/h5-7H,3-4,16H2,1-2H3. The highest BCUT2D eigenvalue weighted by molar-refractivity contribution is 9.10. The Morgan fingerprint density at radius 2 is 2.17 bits per heavy atom.